The molecule has 2 unspecified atom stereocenters. The van der Waals surface area contributed by atoms with E-state index in [4.69, 9.17) is 5.73 Å². The summed E-state index contributed by atoms with van der Waals surface area (Å²) in [5.41, 5.74) is 6.21. The van der Waals surface area contributed by atoms with Crippen molar-refractivity contribution in [3.8, 4) is 0 Å². The van der Waals surface area contributed by atoms with Gasteiger partial charge in [0.2, 0.25) is 0 Å². The van der Waals surface area contributed by atoms with Crippen LogP contribution in [-0.2, 0) is 0 Å². The number of aromatic nitrogens is 1. The predicted octanol–water partition coefficient (Wildman–Crippen LogP) is 1.03. The molecule has 0 aromatic carbocycles. The van der Waals surface area contributed by atoms with E-state index >= 15 is 0 Å². The standard InChI is InChI=1S/C12H16FN3O/c1-8-4-5-16(7-10(8)14)12(17)11-3-2-9(13)6-15-11/h2-3,6,8,10H,4-5,7,14H2,1H3. The van der Waals surface area contributed by atoms with Crippen LogP contribution in [0.2, 0.25) is 0 Å². The zero-order valence-corrected chi connectivity index (χ0v) is 9.77. The van der Waals surface area contributed by atoms with Crippen molar-refractivity contribution in [2.24, 2.45) is 11.7 Å². The molecule has 2 atom stereocenters. The zero-order valence-electron chi connectivity index (χ0n) is 9.77. The molecular formula is C12H16FN3O. The van der Waals surface area contributed by atoms with Crippen LogP contribution in [0.5, 0.6) is 0 Å². The van der Waals surface area contributed by atoms with E-state index in [1.807, 2.05) is 0 Å². The number of hydrogen-bond donors (Lipinski definition) is 1. The number of halogens is 1. The first-order valence-electron chi connectivity index (χ1n) is 5.74. The van der Waals surface area contributed by atoms with Gasteiger partial charge in [0, 0.05) is 19.1 Å². The van der Waals surface area contributed by atoms with E-state index in [2.05, 4.69) is 11.9 Å². The van der Waals surface area contributed by atoms with Crippen LogP contribution in [0.25, 0.3) is 0 Å². The van der Waals surface area contributed by atoms with Gasteiger partial charge in [0.25, 0.3) is 5.91 Å². The fraction of sp³-hybridized carbons (Fsp3) is 0.500. The lowest BCUT2D eigenvalue weighted by molar-refractivity contribution is 0.0666. The Kier molecular flexibility index (Phi) is 3.38. The van der Waals surface area contributed by atoms with Crippen LogP contribution in [-0.4, -0.2) is 34.9 Å². The van der Waals surface area contributed by atoms with E-state index < -0.39 is 5.82 Å². The second kappa shape index (κ2) is 4.79. The summed E-state index contributed by atoms with van der Waals surface area (Å²) in [4.78, 5) is 17.5. The van der Waals surface area contributed by atoms with Crippen LogP contribution in [0.4, 0.5) is 4.39 Å². The number of carbonyl (C=O) groups excluding carboxylic acids is 1. The van der Waals surface area contributed by atoms with Crippen molar-refractivity contribution >= 4 is 5.91 Å². The molecule has 0 saturated carbocycles. The highest BCUT2D eigenvalue weighted by Gasteiger charge is 2.27. The van der Waals surface area contributed by atoms with Crippen molar-refractivity contribution in [3.05, 3.63) is 29.8 Å². The second-order valence-electron chi connectivity index (χ2n) is 4.54. The third-order valence-corrected chi connectivity index (χ3v) is 3.25. The zero-order chi connectivity index (χ0) is 12.4. The number of nitrogens with zero attached hydrogens (tertiary/aromatic N) is 2. The number of pyridine rings is 1. The van der Waals surface area contributed by atoms with Gasteiger partial charge in [-0.05, 0) is 24.5 Å². The Morgan fingerprint density at radius 1 is 1.59 bits per heavy atom. The Balaban J connectivity index is 2.08. The molecule has 1 aromatic rings. The molecule has 2 rings (SSSR count). The maximum absolute atomic E-state index is 12.7. The fourth-order valence-corrected chi connectivity index (χ4v) is 1.95. The first-order valence-corrected chi connectivity index (χ1v) is 5.74. The van der Waals surface area contributed by atoms with E-state index in [0.717, 1.165) is 12.6 Å². The van der Waals surface area contributed by atoms with Crippen molar-refractivity contribution in [2.75, 3.05) is 13.1 Å². The molecule has 1 amide bonds. The maximum Gasteiger partial charge on any atom is 0.272 e. The van der Waals surface area contributed by atoms with Crippen molar-refractivity contribution in [1.29, 1.82) is 0 Å². The lowest BCUT2D eigenvalue weighted by Crippen LogP contribution is -2.49. The summed E-state index contributed by atoms with van der Waals surface area (Å²) in [5.74, 6) is -0.182. The molecule has 17 heavy (non-hydrogen) atoms. The largest absolute Gasteiger partial charge is 0.336 e. The van der Waals surface area contributed by atoms with Gasteiger partial charge in [0.15, 0.2) is 0 Å². The average molecular weight is 237 g/mol. The summed E-state index contributed by atoms with van der Waals surface area (Å²) in [5, 5.41) is 0. The minimum absolute atomic E-state index is 0.00754. The molecule has 1 saturated heterocycles. The normalized spacial score (nSPS) is 24.8. The van der Waals surface area contributed by atoms with Crippen LogP contribution >= 0.6 is 0 Å². The Labute approximate surface area is 99.6 Å². The summed E-state index contributed by atoms with van der Waals surface area (Å²) < 4.78 is 12.7. The third kappa shape index (κ3) is 2.61. The molecule has 2 heterocycles. The monoisotopic (exact) mass is 237 g/mol. The Morgan fingerprint density at radius 2 is 2.35 bits per heavy atom. The molecule has 0 bridgehead atoms. The minimum atomic E-state index is -0.439. The smallest absolute Gasteiger partial charge is 0.272 e. The van der Waals surface area contributed by atoms with Gasteiger partial charge in [-0.15, -0.1) is 0 Å². The summed E-state index contributed by atoms with van der Waals surface area (Å²) in [7, 11) is 0. The minimum Gasteiger partial charge on any atom is -0.336 e. The molecule has 1 fully saturated rings. The molecule has 2 N–H and O–H groups in total. The third-order valence-electron chi connectivity index (χ3n) is 3.25. The molecule has 5 heteroatoms. The van der Waals surface area contributed by atoms with Gasteiger partial charge in [0.05, 0.1) is 6.20 Å². The fourth-order valence-electron chi connectivity index (χ4n) is 1.95. The highest BCUT2D eigenvalue weighted by molar-refractivity contribution is 5.92. The van der Waals surface area contributed by atoms with Gasteiger partial charge >= 0.3 is 0 Å². The Bertz CT molecular complexity index is 407. The molecule has 4 nitrogen and oxygen atoms in total. The summed E-state index contributed by atoms with van der Waals surface area (Å²) in [6.07, 6.45) is 1.95. The topological polar surface area (TPSA) is 59.2 Å². The quantitative estimate of drug-likeness (QED) is 0.793. The molecule has 0 spiro atoms. The molecule has 0 radical (unpaired) electrons. The molecular weight excluding hydrogens is 221 g/mol. The van der Waals surface area contributed by atoms with Crippen molar-refractivity contribution in [2.45, 2.75) is 19.4 Å². The summed E-state index contributed by atoms with van der Waals surface area (Å²) in [6.45, 7) is 3.31. The number of rotatable bonds is 1. The molecule has 92 valence electrons. The van der Waals surface area contributed by atoms with E-state index in [9.17, 15) is 9.18 Å². The number of likely N-dealkylation sites (tertiary alicyclic amines) is 1. The van der Waals surface area contributed by atoms with Crippen molar-refractivity contribution < 1.29 is 9.18 Å². The Hall–Kier alpha value is -1.49. The van der Waals surface area contributed by atoms with Crippen LogP contribution in [0.1, 0.15) is 23.8 Å². The first-order chi connectivity index (χ1) is 8.08. The molecule has 0 aliphatic carbocycles. The van der Waals surface area contributed by atoms with E-state index in [1.54, 1.807) is 4.90 Å². The van der Waals surface area contributed by atoms with Crippen molar-refractivity contribution in [3.63, 3.8) is 0 Å². The molecule has 1 aliphatic rings. The molecule has 1 aromatic heterocycles. The second-order valence-corrected chi connectivity index (χ2v) is 4.54. The first kappa shape index (κ1) is 12.0. The van der Waals surface area contributed by atoms with Gasteiger partial charge in [-0.1, -0.05) is 6.92 Å². The lowest BCUT2D eigenvalue weighted by atomic mass is 9.94. The highest BCUT2D eigenvalue weighted by atomic mass is 19.1. The van der Waals surface area contributed by atoms with Gasteiger partial charge in [-0.3, -0.25) is 4.79 Å². The summed E-state index contributed by atoms with van der Waals surface area (Å²) >= 11 is 0. The number of amides is 1. The number of nitrogens with two attached hydrogens (primary N) is 1. The summed E-state index contributed by atoms with van der Waals surface area (Å²) in [6, 6.07) is 2.65. The van der Waals surface area contributed by atoms with Crippen LogP contribution < -0.4 is 5.73 Å². The van der Waals surface area contributed by atoms with Crippen LogP contribution in [0.15, 0.2) is 18.3 Å². The predicted molar refractivity (Wildman–Crippen MR) is 61.9 cm³/mol. The Morgan fingerprint density at radius 3 is 2.94 bits per heavy atom. The SMILES string of the molecule is CC1CCN(C(=O)c2ccc(F)cn2)CC1N. The highest BCUT2D eigenvalue weighted by Crippen LogP contribution is 2.17. The molecule has 1 aliphatic heterocycles. The van der Waals surface area contributed by atoms with Gasteiger partial charge in [-0.2, -0.15) is 0 Å². The van der Waals surface area contributed by atoms with Crippen LogP contribution in [0.3, 0.4) is 0 Å². The van der Waals surface area contributed by atoms with Gasteiger partial charge in [-0.25, -0.2) is 9.37 Å². The van der Waals surface area contributed by atoms with E-state index in [0.29, 0.717) is 19.0 Å². The maximum atomic E-state index is 12.7. The van der Waals surface area contributed by atoms with Crippen LogP contribution in [0, 0.1) is 11.7 Å². The van der Waals surface area contributed by atoms with Gasteiger partial charge < -0.3 is 10.6 Å². The van der Waals surface area contributed by atoms with E-state index in [-0.39, 0.29) is 17.6 Å². The van der Waals surface area contributed by atoms with E-state index in [1.165, 1.54) is 12.1 Å². The number of piperidine rings is 1. The number of hydrogen-bond acceptors (Lipinski definition) is 3. The lowest BCUT2D eigenvalue weighted by Gasteiger charge is -2.34. The average Bonchev–Trinajstić information content (AvgIpc) is 2.33. The van der Waals surface area contributed by atoms with Crippen molar-refractivity contribution in [1.82, 2.24) is 9.88 Å². The number of carbonyl (C=O) groups is 1. The van der Waals surface area contributed by atoms with Gasteiger partial charge in [0.1, 0.15) is 11.5 Å².